The second kappa shape index (κ2) is 7.74. The predicted octanol–water partition coefficient (Wildman–Crippen LogP) is 3.45. The first-order valence-corrected chi connectivity index (χ1v) is 10.7. The van der Waals surface area contributed by atoms with Crippen LogP contribution in [0.15, 0.2) is 16.8 Å². The van der Waals surface area contributed by atoms with Gasteiger partial charge < -0.3 is 14.2 Å². The largest absolute Gasteiger partial charge is 0.382 e. The lowest BCUT2D eigenvalue weighted by Crippen LogP contribution is -2.25. The summed E-state index contributed by atoms with van der Waals surface area (Å²) < 4.78 is 13.1. The van der Waals surface area contributed by atoms with E-state index >= 15 is 0 Å². The highest BCUT2D eigenvalue weighted by Gasteiger charge is 2.38. The maximum atomic E-state index is 5.57. The Labute approximate surface area is 170 Å². The molecule has 1 saturated heterocycles. The van der Waals surface area contributed by atoms with E-state index in [0.717, 1.165) is 79.5 Å². The van der Waals surface area contributed by atoms with E-state index in [1.54, 1.807) is 6.20 Å². The summed E-state index contributed by atoms with van der Waals surface area (Å²) >= 11 is 0. The zero-order valence-corrected chi connectivity index (χ0v) is 17.2. The minimum absolute atomic E-state index is 0.557. The van der Waals surface area contributed by atoms with E-state index in [9.17, 15) is 0 Å². The molecular weight excluding hydrogens is 368 g/mol. The highest BCUT2D eigenvalue weighted by molar-refractivity contribution is 5.80. The average Bonchev–Trinajstić information content (AvgIpc) is 3.48. The molecule has 3 aromatic heterocycles. The van der Waals surface area contributed by atoms with Crippen LogP contribution in [0, 0.1) is 18.8 Å². The normalized spacial score (nSPS) is 21.4. The van der Waals surface area contributed by atoms with Crippen molar-refractivity contribution in [2.75, 3.05) is 31.2 Å². The molecule has 0 radical (unpaired) electrons. The van der Waals surface area contributed by atoms with Crippen LogP contribution in [0.5, 0.6) is 0 Å². The van der Waals surface area contributed by atoms with Gasteiger partial charge in [-0.25, -0.2) is 4.98 Å². The molecule has 0 aromatic carbocycles. The minimum atomic E-state index is 0.557. The third-order valence-electron chi connectivity index (χ3n) is 6.38. The van der Waals surface area contributed by atoms with Crippen molar-refractivity contribution in [3.63, 3.8) is 0 Å². The number of hydrogen-bond acceptors (Lipinski definition) is 7. The van der Waals surface area contributed by atoms with Crippen molar-refractivity contribution in [3.8, 4) is 11.4 Å². The Morgan fingerprint density at radius 2 is 2.03 bits per heavy atom. The summed E-state index contributed by atoms with van der Waals surface area (Å²) in [6, 6.07) is 2.06. The smallest absolute Gasteiger partial charge is 0.257 e. The number of rotatable bonds is 7. The van der Waals surface area contributed by atoms with Gasteiger partial charge in [-0.05, 0) is 51.0 Å². The quantitative estimate of drug-likeness (QED) is 0.566. The second-order valence-corrected chi connectivity index (χ2v) is 8.23. The van der Waals surface area contributed by atoms with E-state index in [-0.39, 0.29) is 0 Å². The predicted molar refractivity (Wildman–Crippen MR) is 110 cm³/mol. The number of hydrogen-bond donors (Lipinski definition) is 0. The standard InChI is InChI=1S/C21H28N6O2/c1-3-28-9-5-8-27-19(17-10-18-14(2)25-29-20(18)22-11-17)23-24-21(27)26-12-15-6-4-7-16(15)13-26/h10-11,15-16H,3-9,12-13H2,1-2H3/t15-,16-/m1/s1. The molecule has 154 valence electrons. The summed E-state index contributed by atoms with van der Waals surface area (Å²) in [6.07, 6.45) is 6.80. The highest BCUT2D eigenvalue weighted by atomic mass is 16.5. The maximum absolute atomic E-state index is 5.57. The summed E-state index contributed by atoms with van der Waals surface area (Å²) in [5.74, 6) is 3.45. The van der Waals surface area contributed by atoms with Gasteiger partial charge in [0.1, 0.15) is 0 Å². The zero-order chi connectivity index (χ0) is 19.8. The van der Waals surface area contributed by atoms with Crippen molar-refractivity contribution < 1.29 is 9.26 Å². The van der Waals surface area contributed by atoms with Gasteiger partial charge in [0, 0.05) is 44.6 Å². The number of anilines is 1. The van der Waals surface area contributed by atoms with Crippen molar-refractivity contribution >= 4 is 17.0 Å². The number of nitrogens with zero attached hydrogens (tertiary/aromatic N) is 6. The first-order valence-electron chi connectivity index (χ1n) is 10.7. The molecule has 0 bridgehead atoms. The number of aromatic nitrogens is 5. The minimum Gasteiger partial charge on any atom is -0.382 e. The van der Waals surface area contributed by atoms with E-state index in [0.29, 0.717) is 5.71 Å². The van der Waals surface area contributed by atoms with Crippen LogP contribution in [-0.2, 0) is 11.3 Å². The van der Waals surface area contributed by atoms with Crippen molar-refractivity contribution in [1.29, 1.82) is 0 Å². The van der Waals surface area contributed by atoms with Gasteiger partial charge in [-0.15, -0.1) is 10.2 Å². The zero-order valence-electron chi connectivity index (χ0n) is 17.2. The van der Waals surface area contributed by atoms with Crippen LogP contribution < -0.4 is 4.90 Å². The molecular formula is C21H28N6O2. The fourth-order valence-electron chi connectivity index (χ4n) is 4.88. The highest BCUT2D eigenvalue weighted by Crippen LogP contribution is 2.39. The molecule has 0 N–H and O–H groups in total. The van der Waals surface area contributed by atoms with Crippen molar-refractivity contribution in [1.82, 2.24) is 24.9 Å². The summed E-state index contributed by atoms with van der Waals surface area (Å²) in [5, 5.41) is 14.1. The van der Waals surface area contributed by atoms with E-state index in [4.69, 9.17) is 9.26 Å². The fraction of sp³-hybridized carbons (Fsp3) is 0.619. The van der Waals surface area contributed by atoms with Crippen molar-refractivity contribution in [3.05, 3.63) is 18.0 Å². The summed E-state index contributed by atoms with van der Waals surface area (Å²) in [5.41, 5.74) is 2.34. The van der Waals surface area contributed by atoms with Crippen LogP contribution in [-0.4, -0.2) is 51.2 Å². The lowest BCUT2D eigenvalue weighted by atomic mass is 10.0. The topological polar surface area (TPSA) is 82.1 Å². The van der Waals surface area contributed by atoms with E-state index in [1.807, 2.05) is 13.8 Å². The van der Waals surface area contributed by atoms with E-state index < -0.39 is 0 Å². The Kier molecular flexibility index (Phi) is 4.95. The fourth-order valence-corrected chi connectivity index (χ4v) is 4.88. The van der Waals surface area contributed by atoms with Gasteiger partial charge in [-0.1, -0.05) is 11.6 Å². The summed E-state index contributed by atoms with van der Waals surface area (Å²) in [7, 11) is 0. The SMILES string of the molecule is CCOCCCn1c(-c2cnc3onc(C)c3c2)nnc1N1C[C@H]2CCC[C@@H]2C1. The number of ether oxygens (including phenoxy) is 1. The Morgan fingerprint density at radius 3 is 2.83 bits per heavy atom. The van der Waals surface area contributed by atoms with Gasteiger partial charge in [0.2, 0.25) is 5.95 Å². The van der Waals surface area contributed by atoms with E-state index in [2.05, 4.69) is 35.9 Å². The first-order chi connectivity index (χ1) is 14.2. The van der Waals surface area contributed by atoms with Gasteiger partial charge in [0.15, 0.2) is 5.82 Å². The Balaban J connectivity index is 1.48. The van der Waals surface area contributed by atoms with Gasteiger partial charge in [0.25, 0.3) is 5.71 Å². The van der Waals surface area contributed by atoms with E-state index in [1.165, 1.54) is 19.3 Å². The molecule has 5 rings (SSSR count). The molecule has 2 atom stereocenters. The molecule has 2 aliphatic rings. The Morgan fingerprint density at radius 1 is 1.21 bits per heavy atom. The molecule has 4 heterocycles. The third kappa shape index (κ3) is 3.39. The van der Waals surface area contributed by atoms with Crippen LogP contribution in [0.4, 0.5) is 5.95 Å². The second-order valence-electron chi connectivity index (χ2n) is 8.23. The molecule has 0 unspecified atom stereocenters. The van der Waals surface area contributed by atoms with Gasteiger partial charge in [-0.3, -0.25) is 4.57 Å². The van der Waals surface area contributed by atoms with Crippen LogP contribution in [0.1, 0.15) is 38.3 Å². The molecule has 3 aromatic rings. The summed E-state index contributed by atoms with van der Waals surface area (Å²) in [6.45, 7) is 8.45. The third-order valence-corrected chi connectivity index (χ3v) is 6.38. The Bertz CT molecular complexity index is 984. The number of aryl methyl sites for hydroxylation is 1. The molecule has 1 aliphatic carbocycles. The molecule has 1 aliphatic heterocycles. The molecule has 8 nitrogen and oxygen atoms in total. The monoisotopic (exact) mass is 396 g/mol. The van der Waals surface area contributed by atoms with Gasteiger partial charge >= 0.3 is 0 Å². The van der Waals surface area contributed by atoms with Crippen LogP contribution in [0.3, 0.4) is 0 Å². The molecule has 0 spiro atoms. The maximum Gasteiger partial charge on any atom is 0.257 e. The van der Waals surface area contributed by atoms with Crippen LogP contribution in [0.2, 0.25) is 0 Å². The molecule has 2 fully saturated rings. The van der Waals surface area contributed by atoms with Crippen molar-refractivity contribution in [2.24, 2.45) is 11.8 Å². The molecule has 0 amide bonds. The number of fused-ring (bicyclic) bond motifs is 2. The lowest BCUT2D eigenvalue weighted by Gasteiger charge is -2.20. The lowest BCUT2D eigenvalue weighted by molar-refractivity contribution is 0.142. The van der Waals surface area contributed by atoms with Gasteiger partial charge in [0.05, 0.1) is 11.1 Å². The van der Waals surface area contributed by atoms with Crippen molar-refractivity contribution in [2.45, 2.75) is 46.1 Å². The molecule has 8 heteroatoms. The van der Waals surface area contributed by atoms with Gasteiger partial charge in [-0.2, -0.15) is 0 Å². The Hall–Kier alpha value is -2.48. The molecule has 29 heavy (non-hydrogen) atoms. The first kappa shape index (κ1) is 18.5. The number of pyridine rings is 1. The average molecular weight is 396 g/mol. The molecule has 1 saturated carbocycles. The van der Waals surface area contributed by atoms with Crippen LogP contribution in [0.25, 0.3) is 22.5 Å². The van der Waals surface area contributed by atoms with Crippen LogP contribution >= 0.6 is 0 Å². The summed E-state index contributed by atoms with van der Waals surface area (Å²) in [4.78, 5) is 6.87.